The van der Waals surface area contributed by atoms with E-state index in [-0.39, 0.29) is 16.6 Å². The van der Waals surface area contributed by atoms with Crippen LogP contribution in [0.25, 0.3) is 0 Å². The largest absolute Gasteiger partial charge is 0.272 e. The molecule has 0 spiro atoms. The third-order valence-corrected chi connectivity index (χ3v) is 6.19. The highest BCUT2D eigenvalue weighted by atomic mass is 15.5. The minimum atomic E-state index is 0.255. The summed E-state index contributed by atoms with van der Waals surface area (Å²) in [5, 5.41) is 0. The molecule has 0 aliphatic carbocycles. The van der Waals surface area contributed by atoms with Crippen molar-refractivity contribution >= 4 is 0 Å². The number of hydrogen-bond acceptors (Lipinski definition) is 3. The van der Waals surface area contributed by atoms with E-state index in [0.717, 1.165) is 20.0 Å². The predicted molar refractivity (Wildman–Crippen MR) is 93.2 cm³/mol. The van der Waals surface area contributed by atoms with Crippen molar-refractivity contribution in [3.63, 3.8) is 0 Å². The molecule has 21 heavy (non-hydrogen) atoms. The summed E-state index contributed by atoms with van der Waals surface area (Å²) in [4.78, 5) is 7.97. The van der Waals surface area contributed by atoms with Crippen LogP contribution in [-0.2, 0) is 0 Å². The van der Waals surface area contributed by atoms with Crippen LogP contribution in [-0.4, -0.2) is 51.3 Å². The summed E-state index contributed by atoms with van der Waals surface area (Å²) in [6, 6.07) is 0. The van der Waals surface area contributed by atoms with E-state index in [1.54, 1.807) is 0 Å². The third-order valence-electron chi connectivity index (χ3n) is 6.19. The lowest BCUT2D eigenvalue weighted by Gasteiger charge is -2.56. The van der Waals surface area contributed by atoms with Gasteiger partial charge in [-0.2, -0.15) is 0 Å². The first kappa shape index (κ1) is 18.9. The van der Waals surface area contributed by atoms with Gasteiger partial charge in [-0.25, -0.2) is 0 Å². The topological polar surface area (TPSA) is 9.72 Å². The molecule has 1 fully saturated rings. The van der Waals surface area contributed by atoms with Crippen LogP contribution in [0.3, 0.4) is 0 Å². The van der Waals surface area contributed by atoms with E-state index in [9.17, 15) is 0 Å². The standard InChI is InChI=1S/C18H39N3/c1-10-16(4,5)19-13-20(17(6,7)11-2)15-21(14-19)18(8,9)12-3/h10-15H2,1-9H3. The van der Waals surface area contributed by atoms with E-state index in [2.05, 4.69) is 77.0 Å². The monoisotopic (exact) mass is 297 g/mol. The Morgan fingerprint density at radius 1 is 0.524 bits per heavy atom. The first-order chi connectivity index (χ1) is 9.50. The molecule has 0 bridgehead atoms. The van der Waals surface area contributed by atoms with E-state index < -0.39 is 0 Å². The van der Waals surface area contributed by atoms with Crippen LogP contribution in [0.2, 0.25) is 0 Å². The van der Waals surface area contributed by atoms with Crippen LogP contribution >= 0.6 is 0 Å². The molecule has 0 aromatic heterocycles. The predicted octanol–water partition coefficient (Wildman–Crippen LogP) is 4.34. The average molecular weight is 298 g/mol. The fourth-order valence-corrected chi connectivity index (χ4v) is 2.57. The number of hydrogen-bond donors (Lipinski definition) is 0. The highest BCUT2D eigenvalue weighted by Gasteiger charge is 2.40. The van der Waals surface area contributed by atoms with Crippen molar-refractivity contribution in [2.75, 3.05) is 20.0 Å². The van der Waals surface area contributed by atoms with Crippen molar-refractivity contribution < 1.29 is 0 Å². The van der Waals surface area contributed by atoms with Gasteiger partial charge in [0.15, 0.2) is 0 Å². The molecule has 0 unspecified atom stereocenters. The van der Waals surface area contributed by atoms with Gasteiger partial charge in [0.25, 0.3) is 0 Å². The zero-order valence-corrected chi connectivity index (χ0v) is 16.1. The molecule has 126 valence electrons. The molecule has 0 aromatic rings. The first-order valence-corrected chi connectivity index (χ1v) is 8.75. The molecule has 1 aliphatic heterocycles. The van der Waals surface area contributed by atoms with Crippen LogP contribution in [0.5, 0.6) is 0 Å². The molecule has 1 aliphatic rings. The molecule has 3 heteroatoms. The zero-order chi connectivity index (χ0) is 16.5. The molecule has 0 saturated carbocycles. The third kappa shape index (κ3) is 4.20. The van der Waals surface area contributed by atoms with Crippen molar-refractivity contribution in [2.45, 2.75) is 98.2 Å². The van der Waals surface area contributed by atoms with E-state index in [0.29, 0.717) is 0 Å². The Balaban J connectivity index is 3.05. The van der Waals surface area contributed by atoms with Gasteiger partial charge in [0.2, 0.25) is 0 Å². The molecular formula is C18H39N3. The van der Waals surface area contributed by atoms with Gasteiger partial charge in [0.1, 0.15) is 0 Å². The highest BCUT2D eigenvalue weighted by molar-refractivity contribution is 4.92. The van der Waals surface area contributed by atoms with E-state index in [1.807, 2.05) is 0 Å². The smallest absolute Gasteiger partial charge is 0.0540 e. The molecule has 0 amide bonds. The molecule has 1 saturated heterocycles. The minimum Gasteiger partial charge on any atom is -0.272 e. The Morgan fingerprint density at radius 2 is 0.714 bits per heavy atom. The second-order valence-electron chi connectivity index (χ2n) is 8.54. The molecule has 1 heterocycles. The fraction of sp³-hybridized carbons (Fsp3) is 1.00. The first-order valence-electron chi connectivity index (χ1n) is 8.75. The van der Waals surface area contributed by atoms with Crippen molar-refractivity contribution in [2.24, 2.45) is 0 Å². The van der Waals surface area contributed by atoms with Crippen molar-refractivity contribution in [1.29, 1.82) is 0 Å². The summed E-state index contributed by atoms with van der Waals surface area (Å²) in [7, 11) is 0. The molecular weight excluding hydrogens is 258 g/mol. The summed E-state index contributed by atoms with van der Waals surface area (Å²) in [5.74, 6) is 0. The van der Waals surface area contributed by atoms with Gasteiger partial charge in [-0.05, 0) is 60.8 Å². The molecule has 0 aromatic carbocycles. The van der Waals surface area contributed by atoms with Gasteiger partial charge in [-0.15, -0.1) is 0 Å². The zero-order valence-electron chi connectivity index (χ0n) is 16.1. The Bertz CT molecular complexity index is 275. The van der Waals surface area contributed by atoms with Crippen LogP contribution in [0.4, 0.5) is 0 Å². The van der Waals surface area contributed by atoms with E-state index in [1.165, 1.54) is 19.3 Å². The minimum absolute atomic E-state index is 0.255. The van der Waals surface area contributed by atoms with Gasteiger partial charge in [-0.3, -0.25) is 14.7 Å². The summed E-state index contributed by atoms with van der Waals surface area (Å²) in [6.45, 7) is 24.4. The van der Waals surface area contributed by atoms with Gasteiger partial charge in [0.05, 0.1) is 20.0 Å². The quantitative estimate of drug-likeness (QED) is 0.722. The van der Waals surface area contributed by atoms with Gasteiger partial charge in [0, 0.05) is 16.6 Å². The lowest BCUT2D eigenvalue weighted by atomic mass is 9.94. The Hall–Kier alpha value is -0.120. The molecule has 1 rings (SSSR count). The maximum Gasteiger partial charge on any atom is 0.0540 e. The van der Waals surface area contributed by atoms with Crippen LogP contribution in [0.15, 0.2) is 0 Å². The normalized spacial score (nSPS) is 21.0. The second kappa shape index (κ2) is 6.55. The molecule has 0 radical (unpaired) electrons. The van der Waals surface area contributed by atoms with Crippen molar-refractivity contribution in [1.82, 2.24) is 14.7 Å². The molecule has 0 N–H and O–H groups in total. The van der Waals surface area contributed by atoms with E-state index >= 15 is 0 Å². The number of nitrogens with zero attached hydrogens (tertiary/aromatic N) is 3. The lowest BCUT2D eigenvalue weighted by Crippen LogP contribution is -2.67. The summed E-state index contributed by atoms with van der Waals surface area (Å²) in [6.07, 6.45) is 3.56. The van der Waals surface area contributed by atoms with Crippen LogP contribution in [0.1, 0.15) is 81.6 Å². The van der Waals surface area contributed by atoms with Gasteiger partial charge >= 0.3 is 0 Å². The van der Waals surface area contributed by atoms with Crippen molar-refractivity contribution in [3.8, 4) is 0 Å². The van der Waals surface area contributed by atoms with E-state index in [4.69, 9.17) is 0 Å². The van der Waals surface area contributed by atoms with Crippen LogP contribution in [0, 0.1) is 0 Å². The van der Waals surface area contributed by atoms with Crippen molar-refractivity contribution in [3.05, 3.63) is 0 Å². The Morgan fingerprint density at radius 3 is 0.857 bits per heavy atom. The van der Waals surface area contributed by atoms with Gasteiger partial charge < -0.3 is 0 Å². The van der Waals surface area contributed by atoms with Gasteiger partial charge in [-0.1, -0.05) is 20.8 Å². The maximum atomic E-state index is 2.66. The summed E-state index contributed by atoms with van der Waals surface area (Å²) < 4.78 is 0. The summed E-state index contributed by atoms with van der Waals surface area (Å²) in [5.41, 5.74) is 0.764. The summed E-state index contributed by atoms with van der Waals surface area (Å²) >= 11 is 0. The number of rotatable bonds is 6. The molecule has 0 atom stereocenters. The lowest BCUT2D eigenvalue weighted by molar-refractivity contribution is -0.139. The highest BCUT2D eigenvalue weighted by Crippen LogP contribution is 2.31. The Labute approximate surface area is 133 Å². The Kier molecular flexibility index (Phi) is 5.91. The average Bonchev–Trinajstić information content (AvgIpc) is 2.46. The second-order valence-corrected chi connectivity index (χ2v) is 8.54. The van der Waals surface area contributed by atoms with Crippen LogP contribution < -0.4 is 0 Å². The molecule has 3 nitrogen and oxygen atoms in total. The fourth-order valence-electron chi connectivity index (χ4n) is 2.57. The SMILES string of the molecule is CCC(C)(C)N1CN(C(C)(C)CC)CN(C(C)(C)CC)C1. The maximum absolute atomic E-state index is 2.66.